The van der Waals surface area contributed by atoms with Gasteiger partial charge in [-0.15, -0.1) is 0 Å². The van der Waals surface area contributed by atoms with Gasteiger partial charge in [0.2, 0.25) is 5.91 Å². The van der Waals surface area contributed by atoms with E-state index in [9.17, 15) is 4.79 Å². The molecule has 1 saturated heterocycles. The zero-order valence-electron chi connectivity index (χ0n) is 19.0. The minimum absolute atomic E-state index is 0.0326. The number of rotatable bonds is 7. The van der Waals surface area contributed by atoms with Crippen LogP contribution in [-0.4, -0.2) is 58.8 Å². The molecule has 3 aromatic rings. The third-order valence-electron chi connectivity index (χ3n) is 5.90. The van der Waals surface area contributed by atoms with Gasteiger partial charge in [0.1, 0.15) is 0 Å². The molecule has 4 rings (SSSR count). The number of piperazine rings is 1. The third kappa shape index (κ3) is 5.34. The fourth-order valence-electron chi connectivity index (χ4n) is 3.96. The average molecular weight is 450 g/mol. The third-order valence-corrected chi connectivity index (χ3v) is 6.87. The second-order valence-corrected chi connectivity index (χ2v) is 9.12. The lowest BCUT2D eigenvalue weighted by atomic mass is 10.1. The van der Waals surface area contributed by atoms with E-state index in [1.165, 1.54) is 28.6 Å². The molecule has 0 aliphatic carbocycles. The van der Waals surface area contributed by atoms with E-state index in [1.807, 2.05) is 22.9 Å². The molecule has 1 aliphatic heterocycles. The van der Waals surface area contributed by atoms with Crippen LogP contribution in [0.25, 0.3) is 5.69 Å². The van der Waals surface area contributed by atoms with Crippen LogP contribution in [0.4, 0.5) is 11.4 Å². The molecule has 1 aliphatic rings. The summed E-state index contributed by atoms with van der Waals surface area (Å²) >= 11 is 1.45. The number of hydrogen-bond acceptors (Lipinski definition) is 5. The molecule has 1 aromatic heterocycles. The van der Waals surface area contributed by atoms with E-state index in [0.29, 0.717) is 5.75 Å². The Morgan fingerprint density at radius 1 is 1.06 bits per heavy atom. The van der Waals surface area contributed by atoms with Crippen molar-refractivity contribution in [1.29, 1.82) is 0 Å². The molecule has 32 heavy (non-hydrogen) atoms. The van der Waals surface area contributed by atoms with Gasteiger partial charge in [-0.05, 0) is 61.9 Å². The highest BCUT2D eigenvalue weighted by Crippen LogP contribution is 2.24. The molecule has 2 heterocycles. The maximum absolute atomic E-state index is 12.5. The summed E-state index contributed by atoms with van der Waals surface area (Å²) in [5.74, 6) is 0.276. The van der Waals surface area contributed by atoms with Crippen LogP contribution in [0.15, 0.2) is 60.0 Å². The minimum Gasteiger partial charge on any atom is -0.369 e. The number of hydrogen-bond donors (Lipinski definition) is 1. The Balaban J connectivity index is 1.32. The van der Waals surface area contributed by atoms with Gasteiger partial charge in [-0.1, -0.05) is 30.8 Å². The van der Waals surface area contributed by atoms with Crippen molar-refractivity contribution in [2.75, 3.05) is 48.7 Å². The quantitative estimate of drug-likeness (QED) is 0.543. The molecule has 168 valence electrons. The molecule has 0 bridgehead atoms. The zero-order chi connectivity index (χ0) is 22.5. The van der Waals surface area contributed by atoms with Gasteiger partial charge < -0.3 is 15.1 Å². The number of carbonyl (C=O) groups excluding carboxylic acids is 1. The summed E-state index contributed by atoms with van der Waals surface area (Å²) in [4.78, 5) is 21.9. The van der Waals surface area contributed by atoms with Crippen molar-refractivity contribution >= 4 is 29.0 Å². The van der Waals surface area contributed by atoms with Crippen LogP contribution in [0.5, 0.6) is 0 Å². The van der Waals surface area contributed by atoms with E-state index in [4.69, 9.17) is 0 Å². The molecule has 0 atom stereocenters. The number of benzene rings is 2. The molecule has 6 nitrogen and oxygen atoms in total. The molecule has 1 N–H and O–H groups in total. The van der Waals surface area contributed by atoms with Crippen LogP contribution in [0.2, 0.25) is 0 Å². The normalized spacial score (nSPS) is 14.5. The summed E-state index contributed by atoms with van der Waals surface area (Å²) in [5.41, 5.74) is 5.51. The van der Waals surface area contributed by atoms with Crippen molar-refractivity contribution in [1.82, 2.24) is 14.5 Å². The van der Waals surface area contributed by atoms with Crippen molar-refractivity contribution in [3.05, 3.63) is 66.0 Å². The maximum atomic E-state index is 12.5. The summed E-state index contributed by atoms with van der Waals surface area (Å²) in [5, 5.41) is 3.82. The maximum Gasteiger partial charge on any atom is 0.234 e. The molecule has 7 heteroatoms. The van der Waals surface area contributed by atoms with Gasteiger partial charge in [0, 0.05) is 49.9 Å². The molecular weight excluding hydrogens is 418 g/mol. The first-order valence-corrected chi connectivity index (χ1v) is 12.1. The predicted octanol–water partition coefficient (Wildman–Crippen LogP) is 4.36. The van der Waals surface area contributed by atoms with E-state index in [0.717, 1.165) is 49.3 Å². The summed E-state index contributed by atoms with van der Waals surface area (Å²) in [6.45, 7) is 11.8. The monoisotopic (exact) mass is 449 g/mol. The Hall–Kier alpha value is -2.77. The smallest absolute Gasteiger partial charge is 0.234 e. The van der Waals surface area contributed by atoms with Crippen LogP contribution in [0.1, 0.15) is 18.1 Å². The van der Waals surface area contributed by atoms with Crippen LogP contribution in [-0.2, 0) is 4.79 Å². The highest BCUT2D eigenvalue weighted by molar-refractivity contribution is 7.99. The Morgan fingerprint density at radius 3 is 2.53 bits per heavy atom. The number of aryl methyl sites for hydroxylation is 2. The van der Waals surface area contributed by atoms with Crippen LogP contribution < -0.4 is 10.2 Å². The molecule has 1 fully saturated rings. The lowest BCUT2D eigenvalue weighted by molar-refractivity contribution is -0.113. The fraction of sp³-hybridized carbons (Fsp3) is 0.360. The second-order valence-electron chi connectivity index (χ2n) is 8.17. The van der Waals surface area contributed by atoms with Gasteiger partial charge >= 0.3 is 0 Å². The first kappa shape index (κ1) is 22.4. The largest absolute Gasteiger partial charge is 0.369 e. The zero-order valence-corrected chi connectivity index (χ0v) is 19.9. The lowest BCUT2D eigenvalue weighted by Crippen LogP contribution is -2.46. The topological polar surface area (TPSA) is 53.4 Å². The van der Waals surface area contributed by atoms with Crippen molar-refractivity contribution in [3.63, 3.8) is 0 Å². The summed E-state index contributed by atoms with van der Waals surface area (Å²) in [7, 11) is 0. The minimum atomic E-state index is -0.0326. The Morgan fingerprint density at radius 2 is 1.81 bits per heavy atom. The van der Waals surface area contributed by atoms with E-state index >= 15 is 0 Å². The second kappa shape index (κ2) is 10.2. The van der Waals surface area contributed by atoms with Gasteiger partial charge in [-0.2, -0.15) is 0 Å². The first-order chi connectivity index (χ1) is 15.5. The molecule has 2 aromatic carbocycles. The highest BCUT2D eigenvalue weighted by atomic mass is 32.2. The number of carbonyl (C=O) groups is 1. The number of likely N-dealkylation sites (N-methyl/N-ethyl adjacent to an activating group) is 1. The van der Waals surface area contributed by atoms with E-state index in [1.54, 1.807) is 6.20 Å². The van der Waals surface area contributed by atoms with Crippen molar-refractivity contribution in [3.8, 4) is 5.69 Å². The number of thioether (sulfide) groups is 1. The summed E-state index contributed by atoms with van der Waals surface area (Å²) < 4.78 is 2.05. The predicted molar refractivity (Wildman–Crippen MR) is 133 cm³/mol. The number of aromatic nitrogens is 2. The van der Waals surface area contributed by atoms with Crippen molar-refractivity contribution in [2.24, 2.45) is 0 Å². The number of nitrogens with one attached hydrogen (secondary N) is 1. The average Bonchev–Trinajstić information content (AvgIpc) is 3.28. The Labute approximate surface area is 194 Å². The van der Waals surface area contributed by atoms with Crippen molar-refractivity contribution < 1.29 is 4.79 Å². The lowest BCUT2D eigenvalue weighted by Gasteiger charge is -2.35. The van der Waals surface area contributed by atoms with Gasteiger partial charge in [0.05, 0.1) is 11.4 Å². The van der Waals surface area contributed by atoms with Gasteiger partial charge in [0.25, 0.3) is 0 Å². The molecular formula is C25H31N5OS. The molecule has 0 saturated carbocycles. The molecule has 0 spiro atoms. The van der Waals surface area contributed by atoms with Crippen molar-refractivity contribution in [2.45, 2.75) is 25.9 Å². The van der Waals surface area contributed by atoms with Gasteiger partial charge in [-0.3, -0.25) is 9.36 Å². The number of imidazole rings is 1. The number of nitrogens with zero attached hydrogens (tertiary/aromatic N) is 4. The SMILES string of the molecule is CCN1CCN(c2ccc(NC(=O)CSc3nccn3-c3cc(C)ccc3C)cc2)CC1. The van der Waals surface area contributed by atoms with E-state index < -0.39 is 0 Å². The highest BCUT2D eigenvalue weighted by Gasteiger charge is 2.16. The standard InChI is InChI=1S/C25H31N5OS/c1-4-28-13-15-29(16-14-28)22-9-7-21(8-10-22)27-24(31)18-32-25-26-11-12-30(25)23-17-19(2)5-6-20(23)3/h5-12,17H,4,13-16,18H2,1-3H3,(H,27,31). The molecule has 1 amide bonds. The fourth-order valence-corrected chi connectivity index (χ4v) is 4.73. The van der Waals surface area contributed by atoms with Crippen LogP contribution in [0.3, 0.4) is 0 Å². The van der Waals surface area contributed by atoms with Crippen LogP contribution >= 0.6 is 11.8 Å². The van der Waals surface area contributed by atoms with E-state index in [2.05, 4.69) is 71.2 Å². The summed E-state index contributed by atoms with van der Waals surface area (Å²) in [6.07, 6.45) is 3.72. The first-order valence-electron chi connectivity index (χ1n) is 11.1. The molecule has 0 radical (unpaired) electrons. The van der Waals surface area contributed by atoms with Gasteiger partial charge in [-0.25, -0.2) is 4.98 Å². The van der Waals surface area contributed by atoms with E-state index in [-0.39, 0.29) is 5.91 Å². The Kier molecular flexibility index (Phi) is 7.17. The summed E-state index contributed by atoms with van der Waals surface area (Å²) in [6, 6.07) is 14.5. The van der Waals surface area contributed by atoms with Crippen LogP contribution in [0, 0.1) is 13.8 Å². The number of amides is 1. The Bertz CT molecular complexity index is 1050. The van der Waals surface area contributed by atoms with Gasteiger partial charge in [0.15, 0.2) is 5.16 Å². The number of anilines is 2. The molecule has 0 unspecified atom stereocenters.